The van der Waals surface area contributed by atoms with E-state index in [0.29, 0.717) is 19.3 Å². The number of ether oxygens (including phenoxy) is 3. The monoisotopic (exact) mass is 943 g/mol. The molecule has 0 radical (unpaired) electrons. The number of esters is 2. The lowest BCUT2D eigenvalue weighted by Crippen LogP contribution is -2.50. The van der Waals surface area contributed by atoms with Gasteiger partial charge in [-0.25, -0.2) is 4.79 Å². The van der Waals surface area contributed by atoms with Crippen molar-refractivity contribution in [2.24, 2.45) is 0 Å². The Morgan fingerprint density at radius 1 is 0.448 bits per heavy atom. The number of likely N-dealkylation sites (N-methyl/N-ethyl adjacent to an activating group) is 1. The Morgan fingerprint density at radius 3 is 1.21 bits per heavy atom. The van der Waals surface area contributed by atoms with Crippen molar-refractivity contribution in [1.82, 2.24) is 0 Å². The molecule has 0 heterocycles. The van der Waals surface area contributed by atoms with Crippen LogP contribution in [0.4, 0.5) is 0 Å². The summed E-state index contributed by atoms with van der Waals surface area (Å²) in [6, 6.07) is -0.618. The van der Waals surface area contributed by atoms with Gasteiger partial charge >= 0.3 is 17.9 Å². The van der Waals surface area contributed by atoms with Crippen LogP contribution < -0.4 is 0 Å². The number of aliphatic carboxylic acids is 1. The van der Waals surface area contributed by atoms with Crippen LogP contribution >= 0.6 is 0 Å². The first-order valence-corrected chi connectivity index (χ1v) is 28.2. The van der Waals surface area contributed by atoms with Gasteiger partial charge in [0.2, 0.25) is 0 Å². The van der Waals surface area contributed by atoms with Crippen LogP contribution in [0.1, 0.15) is 258 Å². The second kappa shape index (κ2) is 49.7. The summed E-state index contributed by atoms with van der Waals surface area (Å²) in [7, 11) is 5.54. The molecule has 8 nitrogen and oxygen atoms in total. The van der Waals surface area contributed by atoms with Gasteiger partial charge in [0.25, 0.3) is 0 Å². The fraction of sp³-hybridized carbons (Fsp3) is 0.814. The molecule has 0 amide bonds. The molecule has 0 spiro atoms. The standard InChI is InChI=1S/C59H107NO7/c1-6-8-10-12-14-16-18-20-22-24-26-28-30-32-34-36-38-40-42-44-46-48-50-58(62)67-55(53-65-52-51-56(59(63)64)60(3,4)5)54-66-57(61)49-47-45-43-41-39-37-35-33-31-29-27-25-23-21-19-17-15-13-11-9-7-2/h14,16,20,22,26,28-29,31,55-56H,6-13,15,17-19,21,23-25,27,30,32-54H2,1-5H3/p+1/b16-14+,22-20+,28-26+,31-29+. The van der Waals surface area contributed by atoms with Crippen molar-refractivity contribution in [1.29, 1.82) is 0 Å². The van der Waals surface area contributed by atoms with E-state index in [9.17, 15) is 19.5 Å². The summed E-state index contributed by atoms with van der Waals surface area (Å²) in [6.45, 7) is 4.74. The van der Waals surface area contributed by atoms with Crippen molar-refractivity contribution >= 4 is 17.9 Å². The highest BCUT2D eigenvalue weighted by Crippen LogP contribution is 2.16. The van der Waals surface area contributed by atoms with E-state index in [4.69, 9.17) is 14.2 Å². The van der Waals surface area contributed by atoms with Crippen molar-refractivity contribution in [2.45, 2.75) is 270 Å². The highest BCUT2D eigenvalue weighted by molar-refractivity contribution is 5.72. The largest absolute Gasteiger partial charge is 0.477 e. The van der Waals surface area contributed by atoms with E-state index in [1.54, 1.807) is 0 Å². The van der Waals surface area contributed by atoms with Gasteiger partial charge in [0.1, 0.15) is 6.61 Å². The third-order valence-corrected chi connectivity index (χ3v) is 12.7. The van der Waals surface area contributed by atoms with Crippen LogP contribution in [0.15, 0.2) is 48.6 Å². The van der Waals surface area contributed by atoms with Crippen LogP contribution in [-0.4, -0.2) is 80.6 Å². The zero-order valence-corrected chi connectivity index (χ0v) is 44.6. The van der Waals surface area contributed by atoms with Crippen LogP contribution in [0.5, 0.6) is 0 Å². The van der Waals surface area contributed by atoms with Gasteiger partial charge in [-0.3, -0.25) is 9.59 Å². The van der Waals surface area contributed by atoms with Gasteiger partial charge in [-0.15, -0.1) is 0 Å². The van der Waals surface area contributed by atoms with E-state index < -0.39 is 18.1 Å². The number of carboxylic acids is 1. The molecular formula is C59H108NO7+. The molecule has 0 saturated heterocycles. The molecule has 67 heavy (non-hydrogen) atoms. The van der Waals surface area contributed by atoms with Crippen molar-refractivity contribution < 1.29 is 38.2 Å². The minimum absolute atomic E-state index is 0.0546. The topological polar surface area (TPSA) is 99.1 Å². The molecule has 2 unspecified atom stereocenters. The number of hydrogen-bond donors (Lipinski definition) is 1. The second-order valence-electron chi connectivity index (χ2n) is 20.2. The number of allylic oxidation sites excluding steroid dienone is 8. The van der Waals surface area contributed by atoms with Gasteiger partial charge < -0.3 is 23.8 Å². The maximum atomic E-state index is 12.8. The maximum absolute atomic E-state index is 12.8. The normalized spacial score (nSPS) is 13.1. The van der Waals surface area contributed by atoms with Gasteiger partial charge in [-0.2, -0.15) is 0 Å². The minimum atomic E-state index is -0.875. The molecule has 0 aromatic carbocycles. The molecule has 0 rings (SSSR count). The first kappa shape index (κ1) is 64.3. The van der Waals surface area contributed by atoms with Gasteiger partial charge in [0.05, 0.1) is 34.4 Å². The van der Waals surface area contributed by atoms with Crippen LogP contribution in [0.25, 0.3) is 0 Å². The van der Waals surface area contributed by atoms with Gasteiger partial charge in [0.15, 0.2) is 12.1 Å². The third-order valence-electron chi connectivity index (χ3n) is 12.7. The number of carbonyl (C=O) groups is 3. The molecule has 0 saturated carbocycles. The molecule has 0 fully saturated rings. The third kappa shape index (κ3) is 48.1. The Morgan fingerprint density at radius 2 is 0.791 bits per heavy atom. The average molecular weight is 944 g/mol. The van der Waals surface area contributed by atoms with Crippen LogP contribution in [0.2, 0.25) is 0 Å². The summed E-state index contributed by atoms with van der Waals surface area (Å²) >= 11 is 0. The Balaban J connectivity index is 4.20. The van der Waals surface area contributed by atoms with Crippen molar-refractivity contribution in [3.05, 3.63) is 48.6 Å². The summed E-state index contributed by atoms with van der Waals surface area (Å²) < 4.78 is 17.4. The maximum Gasteiger partial charge on any atom is 0.362 e. The number of rotatable bonds is 51. The number of carboxylic acid groups (broad SMARTS) is 1. The van der Waals surface area contributed by atoms with Gasteiger partial charge in [-0.05, 0) is 77.0 Å². The molecule has 8 heteroatoms. The van der Waals surface area contributed by atoms with Crippen LogP contribution in [0.3, 0.4) is 0 Å². The predicted molar refractivity (Wildman–Crippen MR) is 284 cm³/mol. The van der Waals surface area contributed by atoms with E-state index in [1.807, 2.05) is 21.1 Å². The fourth-order valence-electron chi connectivity index (χ4n) is 8.33. The van der Waals surface area contributed by atoms with E-state index in [0.717, 1.165) is 57.8 Å². The van der Waals surface area contributed by atoms with Crippen molar-refractivity contribution in [3.8, 4) is 0 Å². The van der Waals surface area contributed by atoms with Gasteiger partial charge in [0, 0.05) is 19.3 Å². The number of nitrogens with zero attached hydrogens (tertiary/aromatic N) is 1. The second-order valence-corrected chi connectivity index (χ2v) is 20.2. The molecule has 390 valence electrons. The predicted octanol–water partition coefficient (Wildman–Crippen LogP) is 16.7. The Bertz CT molecular complexity index is 1230. The summed E-state index contributed by atoms with van der Waals surface area (Å²) in [5, 5.41) is 9.67. The SMILES string of the molecule is CCCCC/C=C/C/C=C/C/C=C/CCCCCCCCCCCC(=O)OC(COCCC(C(=O)O)[N+](C)(C)C)COC(=O)CCCCCCCCC/C=C/CCCCCCCCCCCC. The molecule has 2 atom stereocenters. The van der Waals surface area contributed by atoms with Crippen molar-refractivity contribution in [3.63, 3.8) is 0 Å². The number of hydrogen-bond acceptors (Lipinski definition) is 6. The minimum Gasteiger partial charge on any atom is -0.477 e. The Labute approximate surface area is 414 Å². The summed E-state index contributed by atoms with van der Waals surface area (Å²) in [4.78, 5) is 37.3. The quantitative estimate of drug-likeness (QED) is 0.0281. The highest BCUT2D eigenvalue weighted by atomic mass is 16.6. The van der Waals surface area contributed by atoms with E-state index >= 15 is 0 Å². The summed E-state index contributed by atoms with van der Waals surface area (Å²) in [5.74, 6) is -1.47. The van der Waals surface area contributed by atoms with Gasteiger partial charge in [-0.1, -0.05) is 210 Å². The van der Waals surface area contributed by atoms with E-state index in [1.165, 1.54) is 167 Å². The zero-order valence-electron chi connectivity index (χ0n) is 44.6. The first-order chi connectivity index (χ1) is 32.6. The number of carbonyl (C=O) groups excluding carboxylic acids is 2. The molecule has 1 N–H and O–H groups in total. The van der Waals surface area contributed by atoms with Crippen LogP contribution in [-0.2, 0) is 28.6 Å². The van der Waals surface area contributed by atoms with Crippen molar-refractivity contribution in [2.75, 3.05) is 41.0 Å². The summed E-state index contributed by atoms with van der Waals surface area (Å²) in [5.41, 5.74) is 0. The molecule has 0 aliphatic carbocycles. The van der Waals surface area contributed by atoms with E-state index in [2.05, 4.69) is 62.5 Å². The molecule has 0 aliphatic rings. The molecular weight excluding hydrogens is 835 g/mol. The number of quaternary nitrogens is 1. The molecule has 0 aromatic rings. The first-order valence-electron chi connectivity index (χ1n) is 28.2. The highest BCUT2D eigenvalue weighted by Gasteiger charge is 2.31. The Kier molecular flexibility index (Phi) is 47.7. The Hall–Kier alpha value is -2.71. The summed E-state index contributed by atoms with van der Waals surface area (Å²) in [6.07, 6.45) is 61.6. The zero-order chi connectivity index (χ0) is 49.2. The number of unbranched alkanes of at least 4 members (excludes halogenated alkanes) is 29. The lowest BCUT2D eigenvalue weighted by atomic mass is 10.1. The fourth-order valence-corrected chi connectivity index (χ4v) is 8.33. The molecule has 0 aliphatic heterocycles. The smallest absolute Gasteiger partial charge is 0.362 e. The average Bonchev–Trinajstić information content (AvgIpc) is 3.29. The molecule has 0 aromatic heterocycles. The van der Waals surface area contributed by atoms with Crippen LogP contribution in [0, 0.1) is 0 Å². The lowest BCUT2D eigenvalue weighted by Gasteiger charge is -2.31. The lowest BCUT2D eigenvalue weighted by molar-refractivity contribution is -0.887. The van der Waals surface area contributed by atoms with E-state index in [-0.39, 0.29) is 36.2 Å². The molecule has 0 bridgehead atoms.